The van der Waals surface area contributed by atoms with Crippen molar-refractivity contribution in [3.8, 4) is 5.75 Å². The van der Waals surface area contributed by atoms with E-state index in [1.807, 2.05) is 24.3 Å². The van der Waals surface area contributed by atoms with Gasteiger partial charge in [-0.1, -0.05) is 31.9 Å². The molecular weight excluding hydrogens is 300 g/mol. The molecule has 0 heterocycles. The maximum atomic E-state index is 12.4. The maximum Gasteiger partial charge on any atom is 0.255 e. The summed E-state index contributed by atoms with van der Waals surface area (Å²) >= 11 is 0. The van der Waals surface area contributed by atoms with E-state index < -0.39 is 0 Å². The normalized spacial score (nSPS) is 14.8. The molecule has 0 spiro atoms. The van der Waals surface area contributed by atoms with Gasteiger partial charge in [-0.2, -0.15) is 0 Å². The highest BCUT2D eigenvalue weighted by Crippen LogP contribution is 2.30. The zero-order valence-electron chi connectivity index (χ0n) is 13.2. The molecule has 1 saturated carbocycles. The van der Waals surface area contributed by atoms with Gasteiger partial charge in [0.15, 0.2) is 0 Å². The van der Waals surface area contributed by atoms with Crippen LogP contribution in [-0.2, 0) is 0 Å². The highest BCUT2D eigenvalue weighted by atomic mass is 35.5. The molecule has 1 amide bonds. The second kappa shape index (κ2) is 9.70. The van der Waals surface area contributed by atoms with Crippen molar-refractivity contribution in [2.75, 3.05) is 13.2 Å². The fraction of sp³-hybridized carbons (Fsp3) is 0.588. The maximum absolute atomic E-state index is 12.4. The second-order valence-electron chi connectivity index (χ2n) is 5.80. The van der Waals surface area contributed by atoms with Crippen LogP contribution in [0, 0.1) is 5.92 Å². The van der Waals surface area contributed by atoms with Crippen molar-refractivity contribution < 1.29 is 9.53 Å². The summed E-state index contributed by atoms with van der Waals surface area (Å²) in [5.41, 5.74) is 6.34. The molecule has 5 heteroatoms. The summed E-state index contributed by atoms with van der Waals surface area (Å²) < 4.78 is 5.79. The van der Waals surface area contributed by atoms with E-state index >= 15 is 0 Å². The van der Waals surface area contributed by atoms with E-state index in [-0.39, 0.29) is 24.4 Å². The molecule has 0 aromatic heterocycles. The molecule has 1 aliphatic rings. The molecule has 22 heavy (non-hydrogen) atoms. The number of carbonyl (C=O) groups excluding carboxylic acids is 1. The third-order valence-electron chi connectivity index (χ3n) is 3.83. The lowest BCUT2D eigenvalue weighted by molar-refractivity contribution is 0.0931. The minimum absolute atomic E-state index is 0. The van der Waals surface area contributed by atoms with Crippen LogP contribution in [0.15, 0.2) is 24.3 Å². The van der Waals surface area contributed by atoms with E-state index in [0.717, 1.165) is 19.3 Å². The zero-order valence-corrected chi connectivity index (χ0v) is 14.0. The number of nitrogens with one attached hydrogen (secondary N) is 1. The number of carbonyl (C=O) groups is 1. The zero-order chi connectivity index (χ0) is 15.1. The van der Waals surface area contributed by atoms with Crippen LogP contribution in [0.3, 0.4) is 0 Å². The van der Waals surface area contributed by atoms with Crippen LogP contribution in [0.5, 0.6) is 5.75 Å². The predicted molar refractivity (Wildman–Crippen MR) is 91.7 cm³/mol. The van der Waals surface area contributed by atoms with Crippen LogP contribution in [0.1, 0.15) is 49.4 Å². The van der Waals surface area contributed by atoms with Crippen molar-refractivity contribution in [1.82, 2.24) is 5.32 Å². The number of hydrogen-bond donors (Lipinski definition) is 2. The van der Waals surface area contributed by atoms with Crippen LogP contribution in [-0.4, -0.2) is 25.1 Å². The predicted octanol–water partition coefficient (Wildman–Crippen LogP) is 3.14. The smallest absolute Gasteiger partial charge is 0.255 e. The molecule has 1 atom stereocenters. The van der Waals surface area contributed by atoms with Crippen LogP contribution in [0.2, 0.25) is 0 Å². The Hall–Kier alpha value is -1.26. The van der Waals surface area contributed by atoms with Crippen molar-refractivity contribution in [3.63, 3.8) is 0 Å². The van der Waals surface area contributed by atoms with Crippen LogP contribution >= 0.6 is 12.4 Å². The second-order valence-corrected chi connectivity index (χ2v) is 5.80. The minimum Gasteiger partial charge on any atom is -0.492 e. The molecule has 1 unspecified atom stereocenters. The Bertz CT molecular complexity index is 464. The molecule has 1 fully saturated rings. The van der Waals surface area contributed by atoms with Gasteiger partial charge in [-0.25, -0.2) is 0 Å². The largest absolute Gasteiger partial charge is 0.492 e. The lowest BCUT2D eigenvalue weighted by atomic mass is 10.1. The lowest BCUT2D eigenvalue weighted by Crippen LogP contribution is -2.40. The van der Waals surface area contributed by atoms with Gasteiger partial charge in [0.05, 0.1) is 12.2 Å². The summed E-state index contributed by atoms with van der Waals surface area (Å²) in [6.07, 6.45) is 5.57. The molecule has 1 aromatic carbocycles. The van der Waals surface area contributed by atoms with E-state index in [2.05, 4.69) is 12.2 Å². The summed E-state index contributed by atoms with van der Waals surface area (Å²) in [7, 11) is 0. The minimum atomic E-state index is -0.0899. The third-order valence-corrected chi connectivity index (χ3v) is 3.83. The standard InChI is InChI=1S/C17H26N2O2.ClH/c1-2-3-6-14(11-18)19-17(20)15-7-4-5-8-16(15)21-12-13-9-10-13;/h4-5,7-8,13-14H,2-3,6,9-12,18H2,1H3,(H,19,20);1H. The Morgan fingerprint density at radius 1 is 1.41 bits per heavy atom. The number of amides is 1. The van der Waals surface area contributed by atoms with Gasteiger partial charge >= 0.3 is 0 Å². The van der Waals surface area contributed by atoms with E-state index in [1.165, 1.54) is 12.8 Å². The molecule has 0 radical (unpaired) electrons. The highest BCUT2D eigenvalue weighted by Gasteiger charge is 2.23. The number of benzene rings is 1. The highest BCUT2D eigenvalue weighted by molar-refractivity contribution is 5.97. The summed E-state index contributed by atoms with van der Waals surface area (Å²) in [6.45, 7) is 3.31. The Kier molecular flexibility index (Phi) is 8.28. The SMILES string of the molecule is CCCCC(CN)NC(=O)c1ccccc1OCC1CC1.Cl. The average molecular weight is 327 g/mol. The van der Waals surface area contributed by atoms with Crippen molar-refractivity contribution in [3.05, 3.63) is 29.8 Å². The Morgan fingerprint density at radius 3 is 2.77 bits per heavy atom. The summed E-state index contributed by atoms with van der Waals surface area (Å²) in [5, 5.41) is 3.02. The van der Waals surface area contributed by atoms with Crippen molar-refractivity contribution in [2.45, 2.75) is 45.1 Å². The first kappa shape index (κ1) is 18.8. The number of ether oxygens (including phenoxy) is 1. The first-order valence-corrected chi connectivity index (χ1v) is 7.97. The Morgan fingerprint density at radius 2 is 2.14 bits per heavy atom. The van der Waals surface area contributed by atoms with Gasteiger partial charge in [0.25, 0.3) is 5.91 Å². The van der Waals surface area contributed by atoms with Gasteiger partial charge in [0.1, 0.15) is 5.75 Å². The number of hydrogen-bond acceptors (Lipinski definition) is 3. The Labute approximate surface area is 139 Å². The average Bonchev–Trinajstić information content (AvgIpc) is 3.33. The van der Waals surface area contributed by atoms with E-state index in [4.69, 9.17) is 10.5 Å². The number of rotatable bonds is 9. The van der Waals surface area contributed by atoms with Crippen LogP contribution in [0.25, 0.3) is 0 Å². The molecule has 124 valence electrons. The van der Waals surface area contributed by atoms with E-state index in [1.54, 1.807) is 0 Å². The molecule has 3 N–H and O–H groups in total. The van der Waals surface area contributed by atoms with Crippen molar-refractivity contribution in [1.29, 1.82) is 0 Å². The fourth-order valence-electron chi connectivity index (χ4n) is 2.23. The molecule has 0 aliphatic heterocycles. The number of para-hydroxylation sites is 1. The van der Waals surface area contributed by atoms with Gasteiger partial charge in [0.2, 0.25) is 0 Å². The van der Waals surface area contributed by atoms with Gasteiger partial charge in [-0.05, 0) is 37.3 Å². The van der Waals surface area contributed by atoms with Gasteiger partial charge < -0.3 is 15.8 Å². The molecule has 1 aliphatic carbocycles. The number of nitrogens with two attached hydrogens (primary N) is 1. The van der Waals surface area contributed by atoms with E-state index in [9.17, 15) is 4.79 Å². The lowest BCUT2D eigenvalue weighted by Gasteiger charge is -2.18. The van der Waals surface area contributed by atoms with Crippen molar-refractivity contribution >= 4 is 18.3 Å². The summed E-state index contributed by atoms with van der Waals surface area (Å²) in [5.74, 6) is 1.25. The summed E-state index contributed by atoms with van der Waals surface area (Å²) in [4.78, 5) is 12.4. The first-order valence-electron chi connectivity index (χ1n) is 7.97. The first-order chi connectivity index (χ1) is 10.2. The van der Waals surface area contributed by atoms with Gasteiger partial charge in [0, 0.05) is 12.6 Å². The third kappa shape index (κ3) is 5.85. The summed E-state index contributed by atoms with van der Waals surface area (Å²) in [6, 6.07) is 7.47. The number of unbranched alkanes of at least 4 members (excludes halogenated alkanes) is 1. The van der Waals surface area contributed by atoms with Crippen LogP contribution < -0.4 is 15.8 Å². The molecular formula is C17H27ClN2O2. The molecule has 4 nitrogen and oxygen atoms in total. The van der Waals surface area contributed by atoms with E-state index in [0.29, 0.717) is 30.4 Å². The molecule has 0 bridgehead atoms. The Balaban J connectivity index is 0.00000242. The number of halogens is 1. The van der Waals surface area contributed by atoms with Gasteiger partial charge in [-0.3, -0.25) is 4.79 Å². The molecule has 0 saturated heterocycles. The molecule has 2 rings (SSSR count). The monoisotopic (exact) mass is 326 g/mol. The fourth-order valence-corrected chi connectivity index (χ4v) is 2.23. The molecule has 1 aromatic rings. The van der Waals surface area contributed by atoms with Gasteiger partial charge in [-0.15, -0.1) is 12.4 Å². The topological polar surface area (TPSA) is 64.3 Å². The van der Waals surface area contributed by atoms with Crippen LogP contribution in [0.4, 0.5) is 0 Å². The quantitative estimate of drug-likeness (QED) is 0.732. The van der Waals surface area contributed by atoms with Crippen molar-refractivity contribution in [2.24, 2.45) is 11.7 Å².